The SMILES string of the molecule is Cc1ccc(C2C=CC[PH]2=O)cc1. The van der Waals surface area contributed by atoms with Gasteiger partial charge in [0.25, 0.3) is 0 Å². The van der Waals surface area contributed by atoms with Crippen molar-refractivity contribution in [3.8, 4) is 0 Å². The number of rotatable bonds is 1. The number of benzene rings is 1. The van der Waals surface area contributed by atoms with E-state index in [0.717, 1.165) is 6.16 Å². The number of hydrogen-bond donors (Lipinski definition) is 0. The summed E-state index contributed by atoms with van der Waals surface area (Å²) in [6.07, 6.45) is 4.89. The topological polar surface area (TPSA) is 17.1 Å². The molecule has 2 heteroatoms. The van der Waals surface area contributed by atoms with Crippen molar-refractivity contribution in [2.45, 2.75) is 12.6 Å². The van der Waals surface area contributed by atoms with Crippen LogP contribution in [0.2, 0.25) is 0 Å². The van der Waals surface area contributed by atoms with Crippen LogP contribution >= 0.6 is 7.80 Å². The second-order valence-electron chi connectivity index (χ2n) is 3.49. The maximum atomic E-state index is 11.6. The molecular weight excluding hydrogens is 179 g/mol. The van der Waals surface area contributed by atoms with Gasteiger partial charge in [0.2, 0.25) is 0 Å². The summed E-state index contributed by atoms with van der Waals surface area (Å²) < 4.78 is 11.6. The van der Waals surface area contributed by atoms with Gasteiger partial charge in [-0.1, -0.05) is 42.0 Å². The molecule has 0 fully saturated rings. The van der Waals surface area contributed by atoms with Crippen LogP contribution in [-0.4, -0.2) is 6.16 Å². The van der Waals surface area contributed by atoms with E-state index in [1.807, 2.05) is 6.08 Å². The molecule has 13 heavy (non-hydrogen) atoms. The van der Waals surface area contributed by atoms with E-state index in [-0.39, 0.29) is 5.66 Å². The van der Waals surface area contributed by atoms with Crippen LogP contribution in [0.15, 0.2) is 36.4 Å². The van der Waals surface area contributed by atoms with E-state index in [4.69, 9.17) is 0 Å². The van der Waals surface area contributed by atoms with E-state index in [9.17, 15) is 4.57 Å². The molecule has 1 aromatic carbocycles. The fraction of sp³-hybridized carbons (Fsp3) is 0.273. The van der Waals surface area contributed by atoms with E-state index in [1.54, 1.807) is 0 Å². The molecule has 2 atom stereocenters. The number of aryl methyl sites for hydroxylation is 1. The highest BCUT2D eigenvalue weighted by molar-refractivity contribution is 7.46. The third-order valence-corrected chi connectivity index (χ3v) is 4.29. The molecule has 1 nitrogen and oxygen atoms in total. The van der Waals surface area contributed by atoms with E-state index in [2.05, 4.69) is 37.3 Å². The smallest absolute Gasteiger partial charge is 0.0905 e. The molecule has 0 N–H and O–H groups in total. The monoisotopic (exact) mass is 192 g/mol. The lowest BCUT2D eigenvalue weighted by molar-refractivity contribution is 0.587. The lowest BCUT2D eigenvalue weighted by Gasteiger charge is -2.07. The first kappa shape index (κ1) is 8.77. The van der Waals surface area contributed by atoms with Crippen LogP contribution in [0.4, 0.5) is 0 Å². The molecule has 0 saturated heterocycles. The van der Waals surface area contributed by atoms with Crippen molar-refractivity contribution < 1.29 is 4.57 Å². The fourth-order valence-corrected chi connectivity index (χ4v) is 3.16. The molecule has 0 bridgehead atoms. The van der Waals surface area contributed by atoms with Crippen molar-refractivity contribution >= 4 is 7.80 Å². The summed E-state index contributed by atoms with van der Waals surface area (Å²) in [7, 11) is -1.42. The molecule has 1 aliphatic rings. The van der Waals surface area contributed by atoms with Gasteiger partial charge in [-0.3, -0.25) is 0 Å². The Hall–Kier alpha value is -0.810. The van der Waals surface area contributed by atoms with Crippen LogP contribution in [0.5, 0.6) is 0 Å². The zero-order chi connectivity index (χ0) is 9.26. The molecule has 0 aromatic heterocycles. The Balaban J connectivity index is 2.30. The summed E-state index contributed by atoms with van der Waals surface area (Å²) in [6, 6.07) is 8.32. The van der Waals surface area contributed by atoms with Gasteiger partial charge < -0.3 is 4.57 Å². The molecule has 1 heterocycles. The van der Waals surface area contributed by atoms with Crippen molar-refractivity contribution in [3.05, 3.63) is 47.5 Å². The van der Waals surface area contributed by atoms with Gasteiger partial charge >= 0.3 is 0 Å². The molecule has 68 valence electrons. The minimum atomic E-state index is -1.42. The quantitative estimate of drug-likeness (QED) is 0.493. The molecule has 0 saturated carbocycles. The highest BCUT2D eigenvalue weighted by Crippen LogP contribution is 2.46. The van der Waals surface area contributed by atoms with Gasteiger partial charge in [-0.15, -0.1) is 0 Å². The first-order valence-electron chi connectivity index (χ1n) is 4.53. The Morgan fingerprint density at radius 2 is 2.00 bits per heavy atom. The Labute approximate surface area is 79.3 Å². The van der Waals surface area contributed by atoms with Crippen LogP contribution in [0.1, 0.15) is 16.8 Å². The molecule has 0 amide bonds. The molecule has 0 aliphatic carbocycles. The average molecular weight is 192 g/mol. The molecule has 1 aliphatic heterocycles. The second kappa shape index (κ2) is 3.51. The standard InChI is InChI=1S/C11H13OP/c1-9-4-6-10(7-5-9)11-3-2-8-13(11)12/h2-7,11,13H,8H2,1H3. The Kier molecular flexibility index (Phi) is 2.37. The summed E-state index contributed by atoms with van der Waals surface area (Å²) in [5.41, 5.74) is 2.65. The maximum Gasteiger partial charge on any atom is 0.0905 e. The van der Waals surface area contributed by atoms with Crippen LogP contribution < -0.4 is 0 Å². The molecule has 2 unspecified atom stereocenters. The van der Waals surface area contributed by atoms with Gasteiger partial charge in [-0.2, -0.15) is 0 Å². The predicted octanol–water partition coefficient (Wildman–Crippen LogP) is 3.17. The minimum Gasteiger partial charge on any atom is -0.326 e. The van der Waals surface area contributed by atoms with Gasteiger partial charge in [-0.05, 0) is 12.5 Å². The van der Waals surface area contributed by atoms with Gasteiger partial charge in [-0.25, -0.2) is 0 Å². The third-order valence-electron chi connectivity index (χ3n) is 2.43. The van der Waals surface area contributed by atoms with Gasteiger partial charge in [0.05, 0.1) is 13.5 Å². The lowest BCUT2D eigenvalue weighted by Crippen LogP contribution is -1.86. The largest absolute Gasteiger partial charge is 0.326 e. The summed E-state index contributed by atoms with van der Waals surface area (Å²) in [5, 5.41) is 0. The number of allylic oxidation sites excluding steroid dienone is 2. The number of hydrogen-bond acceptors (Lipinski definition) is 1. The van der Waals surface area contributed by atoms with E-state index < -0.39 is 7.80 Å². The molecule has 0 radical (unpaired) electrons. The Morgan fingerprint density at radius 3 is 2.54 bits per heavy atom. The van der Waals surface area contributed by atoms with Gasteiger partial charge in [0.1, 0.15) is 0 Å². The summed E-state index contributed by atoms with van der Waals surface area (Å²) >= 11 is 0. The van der Waals surface area contributed by atoms with Crippen LogP contribution in [0, 0.1) is 6.92 Å². The first-order chi connectivity index (χ1) is 6.27. The zero-order valence-electron chi connectivity index (χ0n) is 7.66. The Bertz CT molecular complexity index is 351. The van der Waals surface area contributed by atoms with Gasteiger partial charge in [0, 0.05) is 6.16 Å². The zero-order valence-corrected chi connectivity index (χ0v) is 8.66. The van der Waals surface area contributed by atoms with Crippen molar-refractivity contribution in [2.75, 3.05) is 6.16 Å². The van der Waals surface area contributed by atoms with Crippen molar-refractivity contribution in [1.82, 2.24) is 0 Å². The maximum absolute atomic E-state index is 11.6. The molecule has 1 aromatic rings. The Morgan fingerprint density at radius 1 is 1.31 bits per heavy atom. The third kappa shape index (κ3) is 1.76. The van der Waals surface area contributed by atoms with E-state index in [1.165, 1.54) is 11.1 Å². The predicted molar refractivity (Wildman–Crippen MR) is 56.9 cm³/mol. The summed E-state index contributed by atoms with van der Waals surface area (Å²) in [4.78, 5) is 0. The fourth-order valence-electron chi connectivity index (χ4n) is 1.63. The van der Waals surface area contributed by atoms with Crippen LogP contribution in [0.25, 0.3) is 0 Å². The van der Waals surface area contributed by atoms with Crippen LogP contribution in [-0.2, 0) is 4.57 Å². The minimum absolute atomic E-state index is 0.200. The van der Waals surface area contributed by atoms with E-state index >= 15 is 0 Å². The first-order valence-corrected chi connectivity index (χ1v) is 6.22. The molecule has 0 spiro atoms. The highest BCUT2D eigenvalue weighted by atomic mass is 31.1. The normalized spacial score (nSPS) is 26.5. The van der Waals surface area contributed by atoms with Crippen molar-refractivity contribution in [1.29, 1.82) is 0 Å². The van der Waals surface area contributed by atoms with Crippen LogP contribution in [0.3, 0.4) is 0 Å². The highest BCUT2D eigenvalue weighted by Gasteiger charge is 2.18. The molecular formula is C11H13OP. The van der Waals surface area contributed by atoms with E-state index in [0.29, 0.717) is 0 Å². The second-order valence-corrected chi connectivity index (χ2v) is 5.45. The average Bonchev–Trinajstić information content (AvgIpc) is 2.53. The molecule has 2 rings (SSSR count). The van der Waals surface area contributed by atoms with Crippen molar-refractivity contribution in [3.63, 3.8) is 0 Å². The lowest BCUT2D eigenvalue weighted by atomic mass is 10.1. The van der Waals surface area contributed by atoms with Crippen molar-refractivity contribution in [2.24, 2.45) is 0 Å². The summed E-state index contributed by atoms with van der Waals surface area (Å²) in [6.45, 7) is 2.07. The van der Waals surface area contributed by atoms with Gasteiger partial charge in [0.15, 0.2) is 0 Å². The summed E-state index contributed by atoms with van der Waals surface area (Å²) in [5.74, 6) is 0.